The molecule has 0 aromatic heterocycles. The van der Waals surface area contributed by atoms with Crippen LogP contribution in [0.3, 0.4) is 0 Å². The standard InChI is InChI=1S/C12H18N2O3/c1-3-17-10-6-4-9(8-11(10)16-2)5-7-12(15)14-13/h4,6,8H,3,5,7,13H2,1-2H3,(H,14,15). The van der Waals surface area contributed by atoms with Gasteiger partial charge in [-0.1, -0.05) is 6.07 Å². The molecule has 0 fully saturated rings. The van der Waals surface area contributed by atoms with E-state index in [1.165, 1.54) is 0 Å². The first-order chi connectivity index (χ1) is 8.21. The lowest BCUT2D eigenvalue weighted by molar-refractivity contribution is -0.121. The van der Waals surface area contributed by atoms with E-state index in [0.717, 1.165) is 5.56 Å². The van der Waals surface area contributed by atoms with Crippen molar-refractivity contribution in [3.05, 3.63) is 23.8 Å². The average Bonchev–Trinajstić information content (AvgIpc) is 2.37. The van der Waals surface area contributed by atoms with Gasteiger partial charge in [0.1, 0.15) is 0 Å². The van der Waals surface area contributed by atoms with Gasteiger partial charge in [0.2, 0.25) is 5.91 Å². The number of nitrogens with two attached hydrogens (primary N) is 1. The van der Waals surface area contributed by atoms with E-state index in [9.17, 15) is 4.79 Å². The summed E-state index contributed by atoms with van der Waals surface area (Å²) in [7, 11) is 1.59. The number of aryl methyl sites for hydroxylation is 1. The highest BCUT2D eigenvalue weighted by molar-refractivity contribution is 5.75. The van der Waals surface area contributed by atoms with Crippen molar-refractivity contribution in [1.82, 2.24) is 5.43 Å². The third kappa shape index (κ3) is 3.96. The van der Waals surface area contributed by atoms with Gasteiger partial charge in [-0.3, -0.25) is 10.2 Å². The average molecular weight is 238 g/mol. The number of benzene rings is 1. The van der Waals surface area contributed by atoms with Crippen molar-refractivity contribution in [1.29, 1.82) is 0 Å². The number of ether oxygens (including phenoxy) is 2. The van der Waals surface area contributed by atoms with Crippen molar-refractivity contribution in [2.75, 3.05) is 13.7 Å². The van der Waals surface area contributed by atoms with Crippen LogP contribution in [0.15, 0.2) is 18.2 Å². The van der Waals surface area contributed by atoms with E-state index in [1.54, 1.807) is 7.11 Å². The molecule has 0 radical (unpaired) electrons. The number of nitrogens with one attached hydrogen (secondary N) is 1. The maximum atomic E-state index is 11.0. The van der Waals surface area contributed by atoms with Crippen LogP contribution in [0, 0.1) is 0 Å². The Hall–Kier alpha value is -1.75. The number of amides is 1. The van der Waals surface area contributed by atoms with Gasteiger partial charge in [0.25, 0.3) is 0 Å². The number of carbonyl (C=O) groups is 1. The summed E-state index contributed by atoms with van der Waals surface area (Å²) >= 11 is 0. The summed E-state index contributed by atoms with van der Waals surface area (Å²) in [6, 6.07) is 5.63. The second-order valence-corrected chi connectivity index (χ2v) is 3.49. The van der Waals surface area contributed by atoms with Crippen LogP contribution >= 0.6 is 0 Å². The van der Waals surface area contributed by atoms with Gasteiger partial charge < -0.3 is 9.47 Å². The SMILES string of the molecule is CCOc1ccc(CCC(=O)NN)cc1OC. The Morgan fingerprint density at radius 2 is 2.18 bits per heavy atom. The molecule has 0 saturated heterocycles. The summed E-state index contributed by atoms with van der Waals surface area (Å²) < 4.78 is 10.6. The van der Waals surface area contributed by atoms with Crippen LogP contribution in [0.5, 0.6) is 11.5 Å². The number of rotatable bonds is 6. The predicted octanol–water partition coefficient (Wildman–Crippen LogP) is 1.02. The molecule has 5 nitrogen and oxygen atoms in total. The first-order valence-electron chi connectivity index (χ1n) is 5.50. The van der Waals surface area contributed by atoms with Crippen molar-refractivity contribution >= 4 is 5.91 Å². The fourth-order valence-corrected chi connectivity index (χ4v) is 1.47. The van der Waals surface area contributed by atoms with Crippen LogP contribution in [0.1, 0.15) is 18.9 Å². The lowest BCUT2D eigenvalue weighted by atomic mass is 10.1. The summed E-state index contributed by atoms with van der Waals surface area (Å²) in [4.78, 5) is 11.0. The Morgan fingerprint density at radius 1 is 1.41 bits per heavy atom. The van der Waals surface area contributed by atoms with Crippen molar-refractivity contribution in [3.63, 3.8) is 0 Å². The van der Waals surface area contributed by atoms with Gasteiger partial charge in [0, 0.05) is 6.42 Å². The quantitative estimate of drug-likeness (QED) is 0.441. The highest BCUT2D eigenvalue weighted by Crippen LogP contribution is 2.28. The third-order valence-corrected chi connectivity index (χ3v) is 2.33. The van der Waals surface area contributed by atoms with E-state index in [2.05, 4.69) is 5.43 Å². The van der Waals surface area contributed by atoms with Gasteiger partial charge in [-0.15, -0.1) is 0 Å². The second kappa shape index (κ2) is 6.75. The minimum Gasteiger partial charge on any atom is -0.493 e. The van der Waals surface area contributed by atoms with Crippen LogP contribution in [-0.2, 0) is 11.2 Å². The molecule has 5 heteroatoms. The van der Waals surface area contributed by atoms with Gasteiger partial charge in [-0.2, -0.15) is 0 Å². The van der Waals surface area contributed by atoms with E-state index >= 15 is 0 Å². The Labute approximate surface area is 101 Å². The monoisotopic (exact) mass is 238 g/mol. The fraction of sp³-hybridized carbons (Fsp3) is 0.417. The van der Waals surface area contributed by atoms with Crippen molar-refractivity contribution in [3.8, 4) is 11.5 Å². The van der Waals surface area contributed by atoms with E-state index in [4.69, 9.17) is 15.3 Å². The Bertz CT molecular complexity index is 380. The molecule has 0 unspecified atom stereocenters. The Balaban J connectivity index is 2.71. The Morgan fingerprint density at radius 3 is 2.76 bits per heavy atom. The van der Waals surface area contributed by atoms with Gasteiger partial charge in [0.15, 0.2) is 11.5 Å². The topological polar surface area (TPSA) is 73.6 Å². The molecule has 0 spiro atoms. The highest BCUT2D eigenvalue weighted by atomic mass is 16.5. The molecular formula is C12H18N2O3. The first-order valence-corrected chi connectivity index (χ1v) is 5.50. The number of hydrogen-bond acceptors (Lipinski definition) is 4. The molecule has 1 amide bonds. The molecule has 0 bridgehead atoms. The smallest absolute Gasteiger partial charge is 0.234 e. The molecular weight excluding hydrogens is 220 g/mol. The number of hydrogen-bond donors (Lipinski definition) is 2. The summed E-state index contributed by atoms with van der Waals surface area (Å²) in [5.41, 5.74) is 3.11. The minimum atomic E-state index is -0.183. The number of hydrazine groups is 1. The predicted molar refractivity (Wildman–Crippen MR) is 64.8 cm³/mol. The maximum absolute atomic E-state index is 11.0. The molecule has 17 heavy (non-hydrogen) atoms. The van der Waals surface area contributed by atoms with E-state index in [1.807, 2.05) is 25.1 Å². The molecule has 0 saturated carbocycles. The van der Waals surface area contributed by atoms with Gasteiger partial charge in [0.05, 0.1) is 13.7 Å². The van der Waals surface area contributed by atoms with Crippen LogP contribution in [0.25, 0.3) is 0 Å². The molecule has 1 aromatic rings. The maximum Gasteiger partial charge on any atom is 0.234 e. The highest BCUT2D eigenvalue weighted by Gasteiger charge is 2.06. The molecule has 0 aliphatic heterocycles. The fourth-order valence-electron chi connectivity index (χ4n) is 1.47. The van der Waals surface area contributed by atoms with Gasteiger partial charge in [-0.05, 0) is 31.0 Å². The lowest BCUT2D eigenvalue weighted by Crippen LogP contribution is -2.30. The van der Waals surface area contributed by atoms with Gasteiger partial charge in [-0.25, -0.2) is 5.84 Å². The van der Waals surface area contributed by atoms with Crippen LogP contribution < -0.4 is 20.7 Å². The lowest BCUT2D eigenvalue weighted by Gasteiger charge is -2.10. The first kappa shape index (κ1) is 13.3. The normalized spacial score (nSPS) is 9.82. The number of methoxy groups -OCH3 is 1. The van der Waals surface area contributed by atoms with Crippen LogP contribution in [0.2, 0.25) is 0 Å². The summed E-state index contributed by atoms with van der Waals surface area (Å²) in [6.07, 6.45) is 0.972. The zero-order valence-corrected chi connectivity index (χ0v) is 10.2. The zero-order valence-electron chi connectivity index (χ0n) is 10.2. The minimum absolute atomic E-state index is 0.183. The summed E-state index contributed by atoms with van der Waals surface area (Å²) in [5.74, 6) is 6.22. The Kier molecular flexibility index (Phi) is 5.29. The molecule has 1 rings (SSSR count). The second-order valence-electron chi connectivity index (χ2n) is 3.49. The summed E-state index contributed by atoms with van der Waals surface area (Å²) in [6.45, 7) is 2.50. The van der Waals surface area contributed by atoms with Crippen molar-refractivity contribution < 1.29 is 14.3 Å². The summed E-state index contributed by atoms with van der Waals surface area (Å²) in [5, 5.41) is 0. The zero-order chi connectivity index (χ0) is 12.7. The van der Waals surface area contributed by atoms with E-state index < -0.39 is 0 Å². The van der Waals surface area contributed by atoms with Crippen LogP contribution in [-0.4, -0.2) is 19.6 Å². The van der Waals surface area contributed by atoms with Gasteiger partial charge >= 0.3 is 0 Å². The van der Waals surface area contributed by atoms with E-state index in [-0.39, 0.29) is 5.91 Å². The molecule has 0 aliphatic carbocycles. The largest absolute Gasteiger partial charge is 0.493 e. The van der Waals surface area contributed by atoms with Crippen LogP contribution in [0.4, 0.5) is 0 Å². The molecule has 0 heterocycles. The van der Waals surface area contributed by atoms with Crippen molar-refractivity contribution in [2.45, 2.75) is 19.8 Å². The van der Waals surface area contributed by atoms with E-state index in [0.29, 0.717) is 30.9 Å². The number of carbonyl (C=O) groups excluding carboxylic acids is 1. The molecule has 1 aromatic carbocycles. The molecule has 94 valence electrons. The molecule has 3 N–H and O–H groups in total. The molecule has 0 atom stereocenters. The molecule has 0 aliphatic rings. The van der Waals surface area contributed by atoms with Crippen molar-refractivity contribution in [2.24, 2.45) is 5.84 Å². The third-order valence-electron chi connectivity index (χ3n) is 2.33.